The van der Waals surface area contributed by atoms with Crippen LogP contribution in [0.2, 0.25) is 0 Å². The van der Waals surface area contributed by atoms with Crippen LogP contribution in [0.3, 0.4) is 0 Å². The standard InChI is InChI=1S/C15H21NO4/c1-10-13(8-9-19-10)15(18)20-11(2)14(17)16-12-6-4-3-5-7-12/h8-9,11-12H,3-7H2,1-2H3,(H,16,17)/t11-/m0/s1. The van der Waals surface area contributed by atoms with Crippen LogP contribution in [-0.2, 0) is 9.53 Å². The first kappa shape index (κ1) is 14.6. The molecular weight excluding hydrogens is 258 g/mol. The third kappa shape index (κ3) is 3.62. The smallest absolute Gasteiger partial charge is 0.342 e. The quantitative estimate of drug-likeness (QED) is 0.860. The Bertz CT molecular complexity index is 474. The van der Waals surface area contributed by atoms with Crippen molar-refractivity contribution in [2.24, 2.45) is 0 Å². The molecule has 1 aliphatic carbocycles. The summed E-state index contributed by atoms with van der Waals surface area (Å²) in [4.78, 5) is 23.9. The van der Waals surface area contributed by atoms with E-state index in [0.717, 1.165) is 25.7 Å². The number of hydrogen-bond acceptors (Lipinski definition) is 4. The van der Waals surface area contributed by atoms with Crippen molar-refractivity contribution in [1.82, 2.24) is 5.32 Å². The molecule has 110 valence electrons. The van der Waals surface area contributed by atoms with Gasteiger partial charge in [0, 0.05) is 6.04 Å². The molecule has 5 heteroatoms. The van der Waals surface area contributed by atoms with Crippen LogP contribution in [0, 0.1) is 6.92 Å². The second kappa shape index (κ2) is 6.59. The highest BCUT2D eigenvalue weighted by atomic mass is 16.5. The van der Waals surface area contributed by atoms with Gasteiger partial charge in [-0.15, -0.1) is 0 Å². The van der Waals surface area contributed by atoms with E-state index < -0.39 is 12.1 Å². The third-order valence-corrected chi connectivity index (χ3v) is 3.68. The minimum atomic E-state index is -0.793. The summed E-state index contributed by atoms with van der Waals surface area (Å²) in [6.07, 6.45) is 6.18. The van der Waals surface area contributed by atoms with E-state index in [1.165, 1.54) is 12.7 Å². The van der Waals surface area contributed by atoms with Crippen LogP contribution in [0.1, 0.15) is 55.1 Å². The highest BCUT2D eigenvalue weighted by Gasteiger charge is 2.23. The Kier molecular flexibility index (Phi) is 4.82. The van der Waals surface area contributed by atoms with Crippen molar-refractivity contribution in [2.75, 3.05) is 0 Å². The summed E-state index contributed by atoms with van der Waals surface area (Å²) >= 11 is 0. The molecule has 0 unspecified atom stereocenters. The lowest BCUT2D eigenvalue weighted by Crippen LogP contribution is -2.42. The lowest BCUT2D eigenvalue weighted by molar-refractivity contribution is -0.130. The lowest BCUT2D eigenvalue weighted by Gasteiger charge is -2.24. The fourth-order valence-electron chi connectivity index (χ4n) is 2.44. The number of amides is 1. The summed E-state index contributed by atoms with van der Waals surface area (Å²) in [5, 5.41) is 2.94. The number of rotatable bonds is 4. The van der Waals surface area contributed by atoms with Crippen LogP contribution in [0.5, 0.6) is 0 Å². The van der Waals surface area contributed by atoms with Gasteiger partial charge in [0.1, 0.15) is 11.3 Å². The molecule has 1 aliphatic rings. The van der Waals surface area contributed by atoms with Crippen molar-refractivity contribution in [3.63, 3.8) is 0 Å². The zero-order valence-corrected chi connectivity index (χ0v) is 12.0. The van der Waals surface area contributed by atoms with Gasteiger partial charge in [-0.25, -0.2) is 4.79 Å². The van der Waals surface area contributed by atoms with Gasteiger partial charge >= 0.3 is 5.97 Å². The van der Waals surface area contributed by atoms with Crippen molar-refractivity contribution in [3.8, 4) is 0 Å². The van der Waals surface area contributed by atoms with Crippen LogP contribution in [-0.4, -0.2) is 24.0 Å². The molecule has 0 saturated heterocycles. The predicted molar refractivity (Wildman–Crippen MR) is 73.3 cm³/mol. The zero-order valence-electron chi connectivity index (χ0n) is 12.0. The molecule has 0 radical (unpaired) electrons. The number of carbonyl (C=O) groups is 2. The van der Waals surface area contributed by atoms with E-state index in [2.05, 4.69) is 5.32 Å². The van der Waals surface area contributed by atoms with Crippen molar-refractivity contribution in [3.05, 3.63) is 23.7 Å². The molecule has 1 saturated carbocycles. The summed E-state index contributed by atoms with van der Waals surface area (Å²) in [5.74, 6) is -0.260. The van der Waals surface area contributed by atoms with E-state index in [4.69, 9.17) is 9.15 Å². The number of carbonyl (C=O) groups excluding carboxylic acids is 2. The van der Waals surface area contributed by atoms with E-state index in [-0.39, 0.29) is 11.9 Å². The van der Waals surface area contributed by atoms with E-state index in [0.29, 0.717) is 11.3 Å². The molecule has 0 spiro atoms. The molecule has 0 bridgehead atoms. The van der Waals surface area contributed by atoms with Gasteiger partial charge in [0.05, 0.1) is 6.26 Å². The fourth-order valence-corrected chi connectivity index (χ4v) is 2.44. The molecule has 5 nitrogen and oxygen atoms in total. The zero-order chi connectivity index (χ0) is 14.5. The number of esters is 1. The summed E-state index contributed by atoms with van der Waals surface area (Å²) in [5.41, 5.74) is 0.363. The molecule has 1 heterocycles. The minimum absolute atomic E-state index is 0.216. The van der Waals surface area contributed by atoms with Gasteiger partial charge in [-0.1, -0.05) is 19.3 Å². The lowest BCUT2D eigenvalue weighted by atomic mass is 9.95. The van der Waals surface area contributed by atoms with Crippen LogP contribution in [0.25, 0.3) is 0 Å². The molecule has 1 aromatic rings. The minimum Gasteiger partial charge on any atom is -0.469 e. The van der Waals surface area contributed by atoms with Gasteiger partial charge < -0.3 is 14.5 Å². The van der Waals surface area contributed by atoms with Crippen LogP contribution in [0.4, 0.5) is 0 Å². The molecule has 1 atom stereocenters. The van der Waals surface area contributed by atoms with Crippen LogP contribution >= 0.6 is 0 Å². The summed E-state index contributed by atoms with van der Waals surface area (Å²) in [6, 6.07) is 1.76. The molecule has 20 heavy (non-hydrogen) atoms. The monoisotopic (exact) mass is 279 g/mol. The number of ether oxygens (including phenoxy) is 1. The molecule has 2 rings (SSSR count). The Hall–Kier alpha value is -1.78. The molecule has 1 aromatic heterocycles. The van der Waals surface area contributed by atoms with Crippen molar-refractivity contribution in [1.29, 1.82) is 0 Å². The normalized spacial score (nSPS) is 17.5. The highest BCUT2D eigenvalue weighted by molar-refractivity contribution is 5.92. The number of furan rings is 1. The van der Waals surface area contributed by atoms with Gasteiger partial charge in [0.15, 0.2) is 6.10 Å². The number of hydrogen-bond donors (Lipinski definition) is 1. The van der Waals surface area contributed by atoms with Crippen LogP contribution < -0.4 is 5.32 Å². The maximum absolute atomic E-state index is 12.0. The number of aryl methyl sites for hydroxylation is 1. The average Bonchev–Trinajstić information content (AvgIpc) is 2.86. The third-order valence-electron chi connectivity index (χ3n) is 3.68. The molecular formula is C15H21NO4. The number of nitrogens with one attached hydrogen (secondary N) is 1. The van der Waals surface area contributed by atoms with E-state index in [1.807, 2.05) is 0 Å². The Labute approximate surface area is 118 Å². The highest BCUT2D eigenvalue weighted by Crippen LogP contribution is 2.18. The maximum Gasteiger partial charge on any atom is 0.342 e. The molecule has 1 N–H and O–H groups in total. The summed E-state index contributed by atoms with van der Waals surface area (Å²) < 4.78 is 10.2. The maximum atomic E-state index is 12.0. The average molecular weight is 279 g/mol. The second-order valence-electron chi connectivity index (χ2n) is 5.28. The van der Waals surface area contributed by atoms with E-state index in [1.54, 1.807) is 19.9 Å². The SMILES string of the molecule is Cc1occc1C(=O)O[C@@H](C)C(=O)NC1CCCCC1. The van der Waals surface area contributed by atoms with Crippen molar-refractivity contribution in [2.45, 2.75) is 58.1 Å². The Morgan fingerprint density at radius 1 is 1.35 bits per heavy atom. The van der Waals surface area contributed by atoms with Crippen LogP contribution in [0.15, 0.2) is 16.7 Å². The summed E-state index contributed by atoms with van der Waals surface area (Å²) in [6.45, 7) is 3.27. The second-order valence-corrected chi connectivity index (χ2v) is 5.28. The first-order valence-electron chi connectivity index (χ1n) is 7.13. The fraction of sp³-hybridized carbons (Fsp3) is 0.600. The Morgan fingerprint density at radius 2 is 2.05 bits per heavy atom. The van der Waals surface area contributed by atoms with Crippen molar-refractivity contribution < 1.29 is 18.7 Å². The Balaban J connectivity index is 1.84. The van der Waals surface area contributed by atoms with Gasteiger partial charge in [-0.05, 0) is 32.8 Å². The first-order valence-corrected chi connectivity index (χ1v) is 7.13. The van der Waals surface area contributed by atoms with Gasteiger partial charge in [0.25, 0.3) is 5.91 Å². The van der Waals surface area contributed by atoms with Gasteiger partial charge in [-0.2, -0.15) is 0 Å². The Morgan fingerprint density at radius 3 is 2.65 bits per heavy atom. The molecule has 1 amide bonds. The van der Waals surface area contributed by atoms with Gasteiger partial charge in [-0.3, -0.25) is 4.79 Å². The summed E-state index contributed by atoms with van der Waals surface area (Å²) in [7, 11) is 0. The van der Waals surface area contributed by atoms with E-state index in [9.17, 15) is 9.59 Å². The largest absolute Gasteiger partial charge is 0.469 e. The first-order chi connectivity index (χ1) is 9.58. The molecule has 0 aromatic carbocycles. The molecule has 1 fully saturated rings. The van der Waals surface area contributed by atoms with Crippen molar-refractivity contribution >= 4 is 11.9 Å². The topological polar surface area (TPSA) is 68.5 Å². The molecule has 0 aliphatic heterocycles. The van der Waals surface area contributed by atoms with Gasteiger partial charge in [0.2, 0.25) is 0 Å². The predicted octanol–water partition coefficient (Wildman–Crippen LogP) is 2.58. The van der Waals surface area contributed by atoms with E-state index >= 15 is 0 Å².